The molecule has 0 saturated carbocycles. The number of likely N-dealkylation sites (tertiary alicyclic amines) is 1. The Labute approximate surface area is 157 Å². The number of aromatic nitrogens is 2. The summed E-state index contributed by atoms with van der Waals surface area (Å²) in [6.45, 7) is 2.09. The van der Waals surface area contributed by atoms with Crippen LogP contribution in [0.4, 0.5) is 0 Å². The topological polar surface area (TPSA) is 55.3 Å². The zero-order valence-electron chi connectivity index (χ0n) is 14.7. The van der Waals surface area contributed by atoms with E-state index in [4.69, 9.17) is 4.74 Å². The van der Waals surface area contributed by atoms with Gasteiger partial charge in [-0.25, -0.2) is 9.97 Å². The third-order valence-electron chi connectivity index (χ3n) is 5.14. The number of carbonyl (C=O) groups is 1. The maximum atomic E-state index is 12.5. The van der Waals surface area contributed by atoms with E-state index in [1.165, 1.54) is 22.9 Å². The molecule has 1 amide bonds. The van der Waals surface area contributed by atoms with Crippen molar-refractivity contribution in [2.45, 2.75) is 30.2 Å². The molecular formula is C20H21N3O2S. The van der Waals surface area contributed by atoms with Crippen molar-refractivity contribution in [3.05, 3.63) is 59.4 Å². The van der Waals surface area contributed by atoms with Gasteiger partial charge in [-0.2, -0.15) is 0 Å². The number of fused-ring (bicyclic) bond motifs is 2. The molecule has 6 heteroatoms. The van der Waals surface area contributed by atoms with Crippen LogP contribution in [0.2, 0.25) is 0 Å². The second kappa shape index (κ2) is 7.21. The first-order chi connectivity index (χ1) is 12.7. The molecule has 2 aromatic rings. The molecule has 1 fully saturated rings. The van der Waals surface area contributed by atoms with Crippen molar-refractivity contribution in [2.24, 2.45) is 0 Å². The predicted molar refractivity (Wildman–Crippen MR) is 102 cm³/mol. The van der Waals surface area contributed by atoms with E-state index in [-0.39, 0.29) is 11.5 Å². The molecule has 0 atom stereocenters. The van der Waals surface area contributed by atoms with Crippen molar-refractivity contribution >= 4 is 23.7 Å². The minimum atomic E-state index is -0.210. The number of nitrogens with zero attached hydrogens (tertiary/aromatic N) is 3. The summed E-state index contributed by atoms with van der Waals surface area (Å²) in [6.07, 6.45) is 10.5. The molecule has 134 valence electrons. The largest absolute Gasteiger partial charge is 0.365 e. The lowest BCUT2D eigenvalue weighted by Gasteiger charge is -2.39. The summed E-state index contributed by atoms with van der Waals surface area (Å²) in [7, 11) is 0. The second-order valence-corrected chi connectivity index (χ2v) is 7.38. The van der Waals surface area contributed by atoms with Crippen molar-refractivity contribution in [1.29, 1.82) is 0 Å². The van der Waals surface area contributed by atoms with Crippen molar-refractivity contribution in [3.63, 3.8) is 0 Å². The molecule has 0 bridgehead atoms. The Balaban J connectivity index is 1.39. The summed E-state index contributed by atoms with van der Waals surface area (Å²) >= 11 is 1.50. The number of hydrogen-bond donors (Lipinski definition) is 0. The molecule has 2 aliphatic rings. The Hall–Kier alpha value is -2.18. The number of piperidine rings is 1. The summed E-state index contributed by atoms with van der Waals surface area (Å²) in [5.41, 5.74) is 3.20. The van der Waals surface area contributed by atoms with Crippen LogP contribution in [-0.2, 0) is 21.7 Å². The van der Waals surface area contributed by atoms with E-state index in [0.717, 1.165) is 23.6 Å². The van der Waals surface area contributed by atoms with Gasteiger partial charge in [0, 0.05) is 37.1 Å². The molecule has 26 heavy (non-hydrogen) atoms. The SMILES string of the molecule is CSc1ncc(/C=C/C(=O)N2CCC3(CC2)OCc2ccccc23)cn1. The summed E-state index contributed by atoms with van der Waals surface area (Å²) in [4.78, 5) is 22.8. The average Bonchev–Trinajstić information content (AvgIpc) is 3.05. The zero-order valence-corrected chi connectivity index (χ0v) is 15.5. The molecule has 2 aliphatic heterocycles. The lowest BCUT2D eigenvalue weighted by Crippen LogP contribution is -2.44. The van der Waals surface area contributed by atoms with Crippen LogP contribution in [0.5, 0.6) is 0 Å². The van der Waals surface area contributed by atoms with E-state index in [2.05, 4.69) is 34.2 Å². The van der Waals surface area contributed by atoms with Gasteiger partial charge >= 0.3 is 0 Å². The molecule has 1 aromatic heterocycles. The predicted octanol–water partition coefficient (Wildman–Crippen LogP) is 3.26. The van der Waals surface area contributed by atoms with Crippen LogP contribution in [0.15, 0.2) is 47.9 Å². The van der Waals surface area contributed by atoms with Crippen LogP contribution < -0.4 is 0 Å². The number of thioether (sulfide) groups is 1. The van der Waals surface area contributed by atoms with Crippen molar-refractivity contribution in [3.8, 4) is 0 Å². The van der Waals surface area contributed by atoms with E-state index in [9.17, 15) is 4.79 Å². The monoisotopic (exact) mass is 367 g/mol. The highest BCUT2D eigenvalue weighted by molar-refractivity contribution is 7.98. The Morgan fingerprint density at radius 1 is 1.23 bits per heavy atom. The highest BCUT2D eigenvalue weighted by Crippen LogP contribution is 2.43. The molecule has 4 rings (SSSR count). The maximum absolute atomic E-state index is 12.5. The zero-order chi connectivity index (χ0) is 18.0. The fraction of sp³-hybridized carbons (Fsp3) is 0.350. The van der Waals surface area contributed by atoms with Gasteiger partial charge in [0.05, 0.1) is 12.2 Å². The fourth-order valence-corrected chi connectivity index (χ4v) is 3.99. The van der Waals surface area contributed by atoms with E-state index in [0.29, 0.717) is 19.7 Å². The number of amides is 1. The third-order valence-corrected chi connectivity index (χ3v) is 5.72. The van der Waals surface area contributed by atoms with Gasteiger partial charge < -0.3 is 9.64 Å². The normalized spacial score (nSPS) is 18.4. The van der Waals surface area contributed by atoms with Gasteiger partial charge in [-0.3, -0.25) is 4.79 Å². The van der Waals surface area contributed by atoms with Gasteiger partial charge in [-0.15, -0.1) is 0 Å². The van der Waals surface area contributed by atoms with Gasteiger partial charge in [0.1, 0.15) is 0 Å². The standard InChI is InChI=1S/C20H21N3O2S/c1-26-19-21-12-15(13-22-19)6-7-18(24)23-10-8-20(9-11-23)17-5-3-2-4-16(17)14-25-20/h2-7,12-13H,8-11,14H2,1H3/b7-6+. The summed E-state index contributed by atoms with van der Waals surface area (Å²) in [5, 5.41) is 0.728. The summed E-state index contributed by atoms with van der Waals surface area (Å²) in [5.74, 6) is 0.0278. The van der Waals surface area contributed by atoms with Gasteiger partial charge in [-0.1, -0.05) is 36.0 Å². The van der Waals surface area contributed by atoms with Crippen LogP contribution >= 0.6 is 11.8 Å². The Bertz CT molecular complexity index is 827. The molecule has 1 saturated heterocycles. The van der Waals surface area contributed by atoms with E-state index < -0.39 is 0 Å². The van der Waals surface area contributed by atoms with Crippen molar-refractivity contribution in [2.75, 3.05) is 19.3 Å². The number of ether oxygens (including phenoxy) is 1. The minimum Gasteiger partial charge on any atom is -0.365 e. The number of hydrogen-bond acceptors (Lipinski definition) is 5. The maximum Gasteiger partial charge on any atom is 0.246 e. The Morgan fingerprint density at radius 3 is 2.69 bits per heavy atom. The first kappa shape index (κ1) is 17.2. The molecular weight excluding hydrogens is 346 g/mol. The lowest BCUT2D eigenvalue weighted by atomic mass is 9.84. The fourth-order valence-electron chi connectivity index (χ4n) is 3.68. The van der Waals surface area contributed by atoms with E-state index in [1.54, 1.807) is 24.5 Å². The smallest absolute Gasteiger partial charge is 0.246 e. The molecule has 3 heterocycles. The highest BCUT2D eigenvalue weighted by Gasteiger charge is 2.42. The Kier molecular flexibility index (Phi) is 4.78. The first-order valence-corrected chi connectivity index (χ1v) is 9.98. The molecule has 5 nitrogen and oxygen atoms in total. The Morgan fingerprint density at radius 2 is 1.96 bits per heavy atom. The summed E-state index contributed by atoms with van der Waals surface area (Å²) < 4.78 is 6.16. The van der Waals surface area contributed by atoms with Gasteiger partial charge in [-0.05, 0) is 36.3 Å². The molecule has 0 N–H and O–H groups in total. The second-order valence-electron chi connectivity index (χ2n) is 6.60. The van der Waals surface area contributed by atoms with Crippen molar-refractivity contribution in [1.82, 2.24) is 14.9 Å². The molecule has 1 aromatic carbocycles. The van der Waals surface area contributed by atoms with Crippen LogP contribution in [0, 0.1) is 0 Å². The van der Waals surface area contributed by atoms with Crippen LogP contribution in [0.1, 0.15) is 29.5 Å². The number of rotatable bonds is 3. The molecule has 0 unspecified atom stereocenters. The number of carbonyl (C=O) groups excluding carboxylic acids is 1. The van der Waals surface area contributed by atoms with Gasteiger partial charge in [0.15, 0.2) is 5.16 Å². The van der Waals surface area contributed by atoms with Gasteiger partial charge in [0.25, 0.3) is 0 Å². The van der Waals surface area contributed by atoms with Crippen LogP contribution in [0.3, 0.4) is 0 Å². The highest BCUT2D eigenvalue weighted by atomic mass is 32.2. The first-order valence-electron chi connectivity index (χ1n) is 8.76. The average molecular weight is 367 g/mol. The third kappa shape index (κ3) is 3.27. The van der Waals surface area contributed by atoms with Crippen LogP contribution in [-0.4, -0.2) is 40.1 Å². The number of benzene rings is 1. The minimum absolute atomic E-state index is 0.0278. The molecule has 0 radical (unpaired) electrons. The molecule has 1 spiro atoms. The van der Waals surface area contributed by atoms with E-state index >= 15 is 0 Å². The summed E-state index contributed by atoms with van der Waals surface area (Å²) in [6, 6.07) is 8.42. The van der Waals surface area contributed by atoms with Crippen LogP contribution in [0.25, 0.3) is 6.08 Å². The van der Waals surface area contributed by atoms with E-state index in [1.807, 2.05) is 11.2 Å². The molecule has 0 aliphatic carbocycles. The quantitative estimate of drug-likeness (QED) is 0.473. The van der Waals surface area contributed by atoms with Crippen molar-refractivity contribution < 1.29 is 9.53 Å². The lowest BCUT2D eigenvalue weighted by molar-refractivity contribution is -0.133. The van der Waals surface area contributed by atoms with Gasteiger partial charge in [0.2, 0.25) is 5.91 Å².